The Hall–Kier alpha value is -2.75. The van der Waals surface area contributed by atoms with Gasteiger partial charge in [0, 0.05) is 29.3 Å². The molecule has 0 bridgehead atoms. The normalized spacial score (nSPS) is 18.9. The molecule has 8 nitrogen and oxygen atoms in total. The number of aliphatic hydroxyl groups excluding tert-OH is 2. The second-order valence-electron chi connectivity index (χ2n) is 8.80. The number of anilines is 1. The number of hydrogen-bond acceptors (Lipinski definition) is 5. The Kier molecular flexibility index (Phi) is 7.35. The minimum absolute atomic E-state index is 0.0303. The van der Waals surface area contributed by atoms with Crippen molar-refractivity contribution >= 4 is 39.3 Å². The van der Waals surface area contributed by atoms with Gasteiger partial charge < -0.3 is 25.3 Å². The lowest BCUT2D eigenvalue weighted by Crippen LogP contribution is -2.54. The summed E-state index contributed by atoms with van der Waals surface area (Å²) in [7, 11) is 0. The summed E-state index contributed by atoms with van der Waals surface area (Å²) in [6.45, 7) is 2.41. The fourth-order valence-corrected chi connectivity index (χ4v) is 4.89. The van der Waals surface area contributed by atoms with Crippen molar-refractivity contribution in [3.63, 3.8) is 0 Å². The van der Waals surface area contributed by atoms with Gasteiger partial charge in [0.2, 0.25) is 5.91 Å². The highest BCUT2D eigenvalue weighted by atomic mass is 79.9. The van der Waals surface area contributed by atoms with Crippen molar-refractivity contribution in [3.05, 3.63) is 64.1 Å². The predicted molar refractivity (Wildman–Crippen MR) is 130 cm³/mol. The number of nitrogens with one attached hydrogen (secondary N) is 1. The molecule has 1 saturated heterocycles. The van der Waals surface area contributed by atoms with Crippen LogP contribution < -0.4 is 10.2 Å². The minimum atomic E-state index is -1.88. The van der Waals surface area contributed by atoms with Crippen LogP contribution in [0.4, 0.5) is 5.69 Å². The third-order valence-corrected chi connectivity index (χ3v) is 7.08. The SMILES string of the molecule is C[C@H](NC(=O)[C@H](O)[C@@H](O)C(=O)N1CCC(N2C(=O)Cc3ccccc32)CC1)c1ccc(Br)cc1. The van der Waals surface area contributed by atoms with Gasteiger partial charge in [0.05, 0.1) is 12.5 Å². The summed E-state index contributed by atoms with van der Waals surface area (Å²) in [5.74, 6) is -1.45. The van der Waals surface area contributed by atoms with Crippen molar-refractivity contribution in [1.82, 2.24) is 10.2 Å². The number of carbonyl (C=O) groups is 3. The monoisotopic (exact) mass is 529 g/mol. The minimum Gasteiger partial charge on any atom is -0.380 e. The highest BCUT2D eigenvalue weighted by molar-refractivity contribution is 9.10. The fraction of sp³-hybridized carbons (Fsp3) is 0.400. The molecule has 0 unspecified atom stereocenters. The number of rotatable bonds is 6. The Morgan fingerprint density at radius 1 is 1.03 bits per heavy atom. The number of para-hydroxylation sites is 1. The number of hydrogen-bond donors (Lipinski definition) is 3. The molecule has 2 aliphatic heterocycles. The lowest BCUT2D eigenvalue weighted by atomic mass is 10.0. The molecular formula is C25H28BrN3O5. The van der Waals surface area contributed by atoms with E-state index in [1.165, 1.54) is 4.90 Å². The van der Waals surface area contributed by atoms with Gasteiger partial charge in [-0.25, -0.2) is 0 Å². The molecule has 3 N–H and O–H groups in total. The predicted octanol–water partition coefficient (Wildman–Crippen LogP) is 1.93. The van der Waals surface area contributed by atoms with Crippen molar-refractivity contribution in [2.45, 2.75) is 50.5 Å². The third kappa shape index (κ3) is 5.01. The zero-order valence-electron chi connectivity index (χ0n) is 18.9. The van der Waals surface area contributed by atoms with Gasteiger partial charge in [0.1, 0.15) is 0 Å². The number of likely N-dealkylation sites (tertiary alicyclic amines) is 1. The molecule has 180 valence electrons. The van der Waals surface area contributed by atoms with E-state index in [0.717, 1.165) is 21.3 Å². The molecule has 1 fully saturated rings. The summed E-state index contributed by atoms with van der Waals surface area (Å²) in [6.07, 6.45) is -2.24. The average molecular weight is 530 g/mol. The summed E-state index contributed by atoms with van der Waals surface area (Å²) in [6, 6.07) is 14.6. The topological polar surface area (TPSA) is 110 Å². The van der Waals surface area contributed by atoms with Gasteiger partial charge in [0.15, 0.2) is 12.2 Å². The Morgan fingerprint density at radius 2 is 1.68 bits per heavy atom. The summed E-state index contributed by atoms with van der Waals surface area (Å²) in [4.78, 5) is 41.1. The number of fused-ring (bicyclic) bond motifs is 1. The molecule has 3 amide bonds. The van der Waals surface area contributed by atoms with Crippen molar-refractivity contribution in [1.29, 1.82) is 0 Å². The van der Waals surface area contributed by atoms with E-state index in [9.17, 15) is 24.6 Å². The van der Waals surface area contributed by atoms with Crippen molar-refractivity contribution < 1.29 is 24.6 Å². The first kappa shape index (κ1) is 24.4. The van der Waals surface area contributed by atoms with Gasteiger partial charge in [-0.05, 0) is 49.1 Å². The van der Waals surface area contributed by atoms with E-state index >= 15 is 0 Å². The summed E-state index contributed by atoms with van der Waals surface area (Å²) < 4.78 is 0.901. The quantitative estimate of drug-likeness (QED) is 0.529. The van der Waals surface area contributed by atoms with Crippen LogP contribution in [0.3, 0.4) is 0 Å². The van der Waals surface area contributed by atoms with Crippen LogP contribution in [-0.4, -0.2) is 64.2 Å². The molecule has 2 heterocycles. The first-order chi connectivity index (χ1) is 16.3. The summed E-state index contributed by atoms with van der Waals surface area (Å²) >= 11 is 3.35. The van der Waals surface area contributed by atoms with Gasteiger partial charge in [0.25, 0.3) is 11.8 Å². The Morgan fingerprint density at radius 3 is 2.35 bits per heavy atom. The number of nitrogens with zero attached hydrogens (tertiary/aromatic N) is 2. The van der Waals surface area contributed by atoms with E-state index in [-0.39, 0.29) is 11.9 Å². The first-order valence-corrected chi connectivity index (χ1v) is 12.2. The standard InChI is InChI=1S/C25H28BrN3O5/c1-15(16-6-8-18(26)9-7-16)27-24(33)22(31)23(32)25(34)28-12-10-19(11-13-28)29-20-5-3-2-4-17(20)14-21(29)30/h2-9,15,19,22-23,31-32H,10-14H2,1H3,(H,27,33)/t15-,22+,23+/m0/s1. The fourth-order valence-electron chi connectivity index (χ4n) is 4.62. The van der Waals surface area contributed by atoms with E-state index < -0.39 is 30.1 Å². The number of aliphatic hydroxyl groups is 2. The molecule has 3 atom stereocenters. The number of piperidine rings is 1. The average Bonchev–Trinajstić information content (AvgIpc) is 3.18. The lowest BCUT2D eigenvalue weighted by Gasteiger charge is -2.38. The van der Waals surface area contributed by atoms with Crippen LogP contribution in [0.2, 0.25) is 0 Å². The first-order valence-electron chi connectivity index (χ1n) is 11.4. The molecule has 9 heteroatoms. The maximum Gasteiger partial charge on any atom is 0.254 e. The molecule has 0 spiro atoms. The highest BCUT2D eigenvalue weighted by Crippen LogP contribution is 2.33. The maximum absolute atomic E-state index is 12.8. The largest absolute Gasteiger partial charge is 0.380 e. The van der Waals surface area contributed by atoms with E-state index in [1.807, 2.05) is 53.4 Å². The zero-order chi connectivity index (χ0) is 24.4. The van der Waals surface area contributed by atoms with Gasteiger partial charge in [-0.3, -0.25) is 14.4 Å². The number of halogens is 1. The molecule has 2 aromatic rings. The Bertz CT molecular complexity index is 1070. The van der Waals surface area contributed by atoms with Gasteiger partial charge in [-0.15, -0.1) is 0 Å². The van der Waals surface area contributed by atoms with Crippen LogP contribution >= 0.6 is 15.9 Å². The summed E-state index contributed by atoms with van der Waals surface area (Å²) in [5, 5.41) is 23.4. The Labute approximate surface area is 206 Å². The molecule has 0 radical (unpaired) electrons. The highest BCUT2D eigenvalue weighted by Gasteiger charge is 2.38. The summed E-state index contributed by atoms with van der Waals surface area (Å²) in [5.41, 5.74) is 2.75. The molecule has 34 heavy (non-hydrogen) atoms. The molecule has 0 aliphatic carbocycles. The van der Waals surface area contributed by atoms with Crippen molar-refractivity contribution in [2.24, 2.45) is 0 Å². The van der Waals surface area contributed by atoms with Crippen LogP contribution in [0.15, 0.2) is 53.0 Å². The van der Waals surface area contributed by atoms with E-state index in [2.05, 4.69) is 21.2 Å². The number of carbonyl (C=O) groups excluding carboxylic acids is 3. The van der Waals surface area contributed by atoms with Crippen LogP contribution in [0.1, 0.15) is 36.9 Å². The molecule has 4 rings (SSSR count). The van der Waals surface area contributed by atoms with Crippen LogP contribution in [0.25, 0.3) is 0 Å². The van der Waals surface area contributed by atoms with Gasteiger partial charge >= 0.3 is 0 Å². The molecule has 2 aliphatic rings. The molecule has 0 aromatic heterocycles. The second-order valence-corrected chi connectivity index (χ2v) is 9.71. The number of amides is 3. The van der Waals surface area contributed by atoms with Crippen molar-refractivity contribution in [3.8, 4) is 0 Å². The maximum atomic E-state index is 12.8. The van der Waals surface area contributed by atoms with E-state index in [4.69, 9.17) is 0 Å². The van der Waals surface area contributed by atoms with E-state index in [1.54, 1.807) is 6.92 Å². The van der Waals surface area contributed by atoms with Gasteiger partial charge in [-0.1, -0.05) is 46.3 Å². The number of benzene rings is 2. The smallest absolute Gasteiger partial charge is 0.254 e. The van der Waals surface area contributed by atoms with Gasteiger partial charge in [-0.2, -0.15) is 0 Å². The Balaban J connectivity index is 1.31. The van der Waals surface area contributed by atoms with Crippen LogP contribution in [0, 0.1) is 0 Å². The molecule has 2 aromatic carbocycles. The van der Waals surface area contributed by atoms with Crippen LogP contribution in [0.5, 0.6) is 0 Å². The zero-order valence-corrected chi connectivity index (χ0v) is 20.4. The third-order valence-electron chi connectivity index (χ3n) is 6.55. The molecular weight excluding hydrogens is 502 g/mol. The second kappa shape index (κ2) is 10.2. The lowest BCUT2D eigenvalue weighted by molar-refractivity contribution is -0.154. The van der Waals surface area contributed by atoms with Crippen molar-refractivity contribution in [2.75, 3.05) is 18.0 Å². The van der Waals surface area contributed by atoms with Crippen LogP contribution in [-0.2, 0) is 20.8 Å². The van der Waals surface area contributed by atoms with E-state index in [0.29, 0.717) is 32.4 Å². The molecule has 0 saturated carbocycles.